The SMILES string of the molecule is Cc1cc2c(cc1-c1ccc3nc(NC(=O)[C@@H]4C[C@@H]4F)cn3c1)CC=N2.O=C(O)C(F)(F)F.O=C(O)C(F)(F)F. The molecule has 1 saturated carbocycles. The highest BCUT2D eigenvalue weighted by Crippen LogP contribution is 2.35. The van der Waals surface area contributed by atoms with Gasteiger partial charge in [-0.15, -0.1) is 0 Å². The number of carbonyl (C=O) groups is 3. The molecule has 1 aliphatic heterocycles. The summed E-state index contributed by atoms with van der Waals surface area (Å²) in [6, 6.07) is 8.24. The molecule has 9 nitrogen and oxygen atoms in total. The Morgan fingerprint density at radius 1 is 1.00 bits per heavy atom. The maximum Gasteiger partial charge on any atom is 0.490 e. The number of halogens is 7. The summed E-state index contributed by atoms with van der Waals surface area (Å²) in [4.78, 5) is 38.5. The number of anilines is 1. The van der Waals surface area contributed by atoms with Crippen LogP contribution < -0.4 is 5.32 Å². The van der Waals surface area contributed by atoms with Gasteiger partial charge in [0, 0.05) is 18.8 Å². The smallest absolute Gasteiger partial charge is 0.475 e. The number of rotatable bonds is 3. The monoisotopic (exact) mass is 576 g/mol. The Hall–Kier alpha value is -4.50. The lowest BCUT2D eigenvalue weighted by Gasteiger charge is -2.09. The predicted octanol–water partition coefficient (Wildman–Crippen LogP) is 5.13. The van der Waals surface area contributed by atoms with E-state index >= 15 is 0 Å². The van der Waals surface area contributed by atoms with Gasteiger partial charge in [-0.1, -0.05) is 0 Å². The summed E-state index contributed by atoms with van der Waals surface area (Å²) < 4.78 is 78.4. The van der Waals surface area contributed by atoms with E-state index < -0.39 is 36.4 Å². The van der Waals surface area contributed by atoms with E-state index in [-0.39, 0.29) is 5.91 Å². The first-order chi connectivity index (χ1) is 18.5. The van der Waals surface area contributed by atoms with E-state index in [1.807, 2.05) is 28.9 Å². The van der Waals surface area contributed by atoms with E-state index in [1.54, 1.807) is 6.20 Å². The van der Waals surface area contributed by atoms with Crippen LogP contribution >= 0.6 is 0 Å². The van der Waals surface area contributed by atoms with Crippen molar-refractivity contribution in [2.75, 3.05) is 5.32 Å². The summed E-state index contributed by atoms with van der Waals surface area (Å²) in [7, 11) is 0. The number of carboxylic acids is 2. The number of carboxylic acid groups (broad SMARTS) is 2. The van der Waals surface area contributed by atoms with Crippen molar-refractivity contribution >= 4 is 41.2 Å². The van der Waals surface area contributed by atoms with Crippen molar-refractivity contribution in [1.82, 2.24) is 9.38 Å². The summed E-state index contributed by atoms with van der Waals surface area (Å²) in [5.74, 6) is -5.88. The van der Waals surface area contributed by atoms with Crippen LogP contribution in [0.5, 0.6) is 0 Å². The minimum Gasteiger partial charge on any atom is -0.475 e. The maximum atomic E-state index is 13.0. The van der Waals surface area contributed by atoms with Crippen LogP contribution in [0.3, 0.4) is 0 Å². The van der Waals surface area contributed by atoms with Gasteiger partial charge in [0.2, 0.25) is 5.91 Å². The number of nitrogens with zero attached hydrogens (tertiary/aromatic N) is 3. The molecule has 0 saturated heterocycles. The Labute approximate surface area is 220 Å². The third kappa shape index (κ3) is 7.54. The van der Waals surface area contributed by atoms with Gasteiger partial charge < -0.3 is 19.9 Å². The first-order valence-electron chi connectivity index (χ1n) is 11.2. The predicted molar refractivity (Wildman–Crippen MR) is 126 cm³/mol. The van der Waals surface area contributed by atoms with E-state index in [0.29, 0.717) is 12.2 Å². The van der Waals surface area contributed by atoms with Gasteiger partial charge in [-0.2, -0.15) is 26.3 Å². The highest BCUT2D eigenvalue weighted by Gasteiger charge is 2.44. The molecule has 3 N–H and O–H groups in total. The molecule has 40 heavy (non-hydrogen) atoms. The zero-order chi connectivity index (χ0) is 30.0. The third-order valence-electron chi connectivity index (χ3n) is 5.51. The molecule has 0 bridgehead atoms. The lowest BCUT2D eigenvalue weighted by Crippen LogP contribution is -2.21. The van der Waals surface area contributed by atoms with Gasteiger partial charge in [-0.25, -0.2) is 19.0 Å². The largest absolute Gasteiger partial charge is 0.490 e. The van der Waals surface area contributed by atoms with E-state index in [9.17, 15) is 35.5 Å². The zero-order valence-corrected chi connectivity index (χ0v) is 20.2. The topological polar surface area (TPSA) is 133 Å². The second kappa shape index (κ2) is 11.3. The fourth-order valence-electron chi connectivity index (χ4n) is 3.44. The van der Waals surface area contributed by atoms with Gasteiger partial charge >= 0.3 is 24.3 Å². The molecule has 1 aromatic carbocycles. The van der Waals surface area contributed by atoms with Crippen LogP contribution in [-0.4, -0.2) is 62.2 Å². The molecule has 16 heteroatoms. The molecule has 214 valence electrons. The Bertz CT molecular complexity index is 1460. The van der Waals surface area contributed by atoms with E-state index in [0.717, 1.165) is 28.9 Å². The molecule has 0 spiro atoms. The molecular weight excluding hydrogens is 557 g/mol. The number of amides is 1. The van der Waals surface area contributed by atoms with E-state index in [4.69, 9.17) is 19.8 Å². The van der Waals surface area contributed by atoms with Gasteiger partial charge in [0.25, 0.3) is 0 Å². The minimum absolute atomic E-state index is 0.296. The maximum absolute atomic E-state index is 13.0. The normalized spacial score (nSPS) is 17.2. The summed E-state index contributed by atoms with van der Waals surface area (Å²) >= 11 is 0. The Kier molecular flexibility index (Phi) is 8.50. The van der Waals surface area contributed by atoms with Crippen LogP contribution in [0, 0.1) is 12.8 Å². The number of alkyl halides is 7. The molecule has 3 heterocycles. The molecule has 2 aliphatic rings. The van der Waals surface area contributed by atoms with Crippen LogP contribution in [-0.2, 0) is 20.8 Å². The zero-order valence-electron chi connectivity index (χ0n) is 20.2. The second-order valence-corrected chi connectivity index (χ2v) is 8.57. The quantitative estimate of drug-likeness (QED) is 0.370. The van der Waals surface area contributed by atoms with Crippen LogP contribution in [0.4, 0.5) is 42.2 Å². The van der Waals surface area contributed by atoms with Crippen LogP contribution in [0.15, 0.2) is 41.7 Å². The number of benzene rings is 1. The van der Waals surface area contributed by atoms with Crippen molar-refractivity contribution in [2.24, 2.45) is 10.9 Å². The minimum atomic E-state index is -5.08. The van der Waals surface area contributed by atoms with Gasteiger partial charge in [0.1, 0.15) is 11.8 Å². The average molecular weight is 576 g/mol. The number of fused-ring (bicyclic) bond motifs is 2. The van der Waals surface area contributed by atoms with Crippen molar-refractivity contribution in [1.29, 1.82) is 0 Å². The molecular formula is C24H19F7N4O5. The molecule has 3 aromatic rings. The molecule has 1 amide bonds. The molecule has 1 fully saturated rings. The van der Waals surface area contributed by atoms with Crippen LogP contribution in [0.25, 0.3) is 16.8 Å². The number of aliphatic imine (C=N–C) groups is 1. The molecule has 0 radical (unpaired) electrons. The Balaban J connectivity index is 0.000000263. The average Bonchev–Trinajstić information content (AvgIpc) is 3.21. The van der Waals surface area contributed by atoms with Gasteiger partial charge in [0.05, 0.1) is 17.8 Å². The van der Waals surface area contributed by atoms with Crippen LogP contribution in [0.1, 0.15) is 17.5 Å². The first kappa shape index (κ1) is 30.0. The molecule has 0 unspecified atom stereocenters. The fraction of sp³-hybridized carbons (Fsp3) is 0.292. The van der Waals surface area contributed by atoms with Crippen molar-refractivity contribution < 1.29 is 55.3 Å². The lowest BCUT2D eigenvalue weighted by molar-refractivity contribution is -0.193. The highest BCUT2D eigenvalue weighted by molar-refractivity contribution is 5.94. The van der Waals surface area contributed by atoms with Gasteiger partial charge in [-0.05, 0) is 59.9 Å². The van der Waals surface area contributed by atoms with Gasteiger partial charge in [-0.3, -0.25) is 9.79 Å². The van der Waals surface area contributed by atoms with Crippen molar-refractivity contribution in [3.63, 3.8) is 0 Å². The number of hydrogen-bond donors (Lipinski definition) is 3. The van der Waals surface area contributed by atoms with E-state index in [2.05, 4.69) is 34.3 Å². The molecule has 2 atom stereocenters. The summed E-state index contributed by atoms with van der Waals surface area (Å²) in [6.07, 6.45) is -4.31. The Morgan fingerprint density at radius 2 is 1.57 bits per heavy atom. The fourth-order valence-corrected chi connectivity index (χ4v) is 3.44. The number of aliphatic carboxylic acids is 2. The molecule has 1 aliphatic carbocycles. The first-order valence-corrected chi connectivity index (χ1v) is 11.2. The van der Waals surface area contributed by atoms with Crippen molar-refractivity contribution in [2.45, 2.75) is 38.3 Å². The second-order valence-electron chi connectivity index (χ2n) is 8.57. The van der Waals surface area contributed by atoms with Gasteiger partial charge in [0.15, 0.2) is 5.82 Å². The highest BCUT2D eigenvalue weighted by atomic mass is 19.4. The van der Waals surface area contributed by atoms with Crippen molar-refractivity contribution in [3.8, 4) is 11.1 Å². The van der Waals surface area contributed by atoms with E-state index in [1.165, 1.54) is 11.1 Å². The molecule has 2 aromatic heterocycles. The number of nitrogens with one attached hydrogen (secondary N) is 1. The Morgan fingerprint density at radius 3 is 2.10 bits per heavy atom. The number of imidazole rings is 1. The lowest BCUT2D eigenvalue weighted by atomic mass is 9.98. The number of hydrogen-bond acceptors (Lipinski definition) is 5. The number of carbonyl (C=O) groups excluding carboxylic acids is 1. The van der Waals surface area contributed by atoms with Crippen LogP contribution in [0.2, 0.25) is 0 Å². The number of pyridine rings is 1. The number of aryl methyl sites for hydroxylation is 1. The third-order valence-corrected chi connectivity index (χ3v) is 5.51. The number of aromatic nitrogens is 2. The molecule has 5 rings (SSSR count). The van der Waals surface area contributed by atoms with Crippen molar-refractivity contribution in [3.05, 3.63) is 47.8 Å². The summed E-state index contributed by atoms with van der Waals surface area (Å²) in [5, 5.41) is 17.0. The standard InChI is InChI=1S/C20H17FN4O.2C2HF3O2/c1-11-6-17-12(4-5-22-17)7-14(11)13-2-3-19-23-18(10-25(19)9-13)24-20(26)15-8-16(15)21;2*3-2(4,5)1(6)7/h2-3,5-7,9-10,15-16H,4,8H2,1H3,(H,24,26);2*(H,6,7)/t15-,16+;;/m1../s1. The summed E-state index contributed by atoms with van der Waals surface area (Å²) in [6.45, 7) is 2.08. The summed E-state index contributed by atoms with van der Waals surface area (Å²) in [5.41, 5.74) is 6.41.